The Morgan fingerprint density at radius 1 is 1.38 bits per heavy atom. The molecule has 0 aliphatic heterocycles. The number of nitro groups is 1. The zero-order chi connectivity index (χ0) is 17.9. The molecule has 0 amide bonds. The average Bonchev–Trinajstić information content (AvgIpc) is 2.78. The van der Waals surface area contributed by atoms with Crippen molar-refractivity contribution in [1.82, 2.24) is 9.78 Å². The Bertz CT molecular complexity index is 722. The van der Waals surface area contributed by atoms with E-state index in [1.165, 1.54) is 4.68 Å². The lowest BCUT2D eigenvalue weighted by Gasteiger charge is -2.16. The van der Waals surface area contributed by atoms with E-state index in [1.54, 1.807) is 14.0 Å². The van der Waals surface area contributed by atoms with Crippen molar-refractivity contribution in [2.24, 2.45) is 7.05 Å². The first-order valence-electron chi connectivity index (χ1n) is 7.60. The van der Waals surface area contributed by atoms with Gasteiger partial charge >= 0.3 is 5.69 Å². The normalized spacial score (nSPS) is 12.0. The predicted octanol–water partition coefficient (Wildman–Crippen LogP) is 2.11. The Kier molecular flexibility index (Phi) is 5.40. The molecule has 0 unspecified atom stereocenters. The summed E-state index contributed by atoms with van der Waals surface area (Å²) in [5.41, 5.74) is 2.23. The number of benzene rings is 1. The van der Waals surface area contributed by atoms with Gasteiger partial charge in [-0.1, -0.05) is 18.2 Å². The van der Waals surface area contributed by atoms with Crippen molar-refractivity contribution in [2.45, 2.75) is 26.9 Å². The Labute approximate surface area is 140 Å². The van der Waals surface area contributed by atoms with Crippen LogP contribution >= 0.6 is 0 Å². The number of hydrogen-bond acceptors (Lipinski definition) is 6. The molecule has 1 aromatic carbocycles. The van der Waals surface area contributed by atoms with Crippen LogP contribution in [0.4, 0.5) is 11.5 Å². The standard InChI is InChI=1S/C16H22N4O4/c1-10-6-5-7-11(2)15(10)24-9-13(21)8-17-16-14(20(22)23)12(3)18-19(16)4/h5-7,13,17,21H,8-9H2,1-4H3/t13-/m0/s1. The lowest BCUT2D eigenvalue weighted by atomic mass is 10.1. The molecule has 1 heterocycles. The van der Waals surface area contributed by atoms with Gasteiger partial charge in [0.15, 0.2) is 0 Å². The van der Waals surface area contributed by atoms with E-state index in [0.717, 1.165) is 16.9 Å². The van der Waals surface area contributed by atoms with E-state index in [2.05, 4.69) is 10.4 Å². The van der Waals surface area contributed by atoms with Crippen molar-refractivity contribution in [1.29, 1.82) is 0 Å². The highest BCUT2D eigenvalue weighted by Crippen LogP contribution is 2.27. The van der Waals surface area contributed by atoms with Gasteiger partial charge in [0.25, 0.3) is 0 Å². The molecule has 2 aromatic rings. The fraction of sp³-hybridized carbons (Fsp3) is 0.438. The maximum Gasteiger partial charge on any atom is 0.333 e. The summed E-state index contributed by atoms with van der Waals surface area (Å²) in [7, 11) is 1.61. The van der Waals surface area contributed by atoms with Crippen molar-refractivity contribution >= 4 is 11.5 Å². The van der Waals surface area contributed by atoms with Gasteiger partial charge in [-0.2, -0.15) is 5.10 Å². The highest BCUT2D eigenvalue weighted by molar-refractivity contribution is 5.59. The Morgan fingerprint density at radius 3 is 2.58 bits per heavy atom. The molecule has 0 saturated heterocycles. The maximum atomic E-state index is 11.1. The van der Waals surface area contributed by atoms with Gasteiger partial charge in [0, 0.05) is 13.6 Å². The fourth-order valence-electron chi connectivity index (χ4n) is 2.54. The second-order valence-corrected chi connectivity index (χ2v) is 5.73. The molecule has 2 rings (SSSR count). The largest absolute Gasteiger partial charge is 0.490 e. The van der Waals surface area contributed by atoms with Crippen LogP contribution in [-0.4, -0.2) is 39.1 Å². The number of rotatable bonds is 7. The molecule has 1 atom stereocenters. The van der Waals surface area contributed by atoms with E-state index >= 15 is 0 Å². The van der Waals surface area contributed by atoms with E-state index in [0.29, 0.717) is 5.69 Å². The summed E-state index contributed by atoms with van der Waals surface area (Å²) in [4.78, 5) is 10.6. The highest BCUT2D eigenvalue weighted by Gasteiger charge is 2.24. The number of para-hydroxylation sites is 1. The lowest BCUT2D eigenvalue weighted by Crippen LogP contribution is -2.27. The molecule has 1 aromatic heterocycles. The van der Waals surface area contributed by atoms with Crippen LogP contribution in [0.15, 0.2) is 18.2 Å². The van der Waals surface area contributed by atoms with Crippen LogP contribution in [0.1, 0.15) is 16.8 Å². The van der Waals surface area contributed by atoms with Gasteiger partial charge in [-0.05, 0) is 31.9 Å². The van der Waals surface area contributed by atoms with E-state index < -0.39 is 11.0 Å². The molecule has 24 heavy (non-hydrogen) atoms. The molecule has 8 nitrogen and oxygen atoms in total. The molecule has 0 saturated carbocycles. The molecule has 8 heteroatoms. The van der Waals surface area contributed by atoms with Gasteiger partial charge in [0.05, 0.1) is 4.92 Å². The Morgan fingerprint density at radius 2 is 2.00 bits per heavy atom. The van der Waals surface area contributed by atoms with Crippen molar-refractivity contribution in [3.05, 3.63) is 45.1 Å². The van der Waals surface area contributed by atoms with Crippen LogP contribution in [0, 0.1) is 30.9 Å². The van der Waals surface area contributed by atoms with Crippen LogP contribution in [0.2, 0.25) is 0 Å². The molecule has 0 fully saturated rings. The first kappa shape index (κ1) is 17.7. The summed E-state index contributed by atoms with van der Waals surface area (Å²) in [6.45, 7) is 5.65. The minimum atomic E-state index is -0.821. The quantitative estimate of drug-likeness (QED) is 0.594. The lowest BCUT2D eigenvalue weighted by molar-refractivity contribution is -0.384. The number of nitrogens with zero attached hydrogens (tertiary/aromatic N) is 3. The summed E-state index contributed by atoms with van der Waals surface area (Å²) in [5, 5.41) is 28.1. The first-order valence-corrected chi connectivity index (χ1v) is 7.60. The zero-order valence-electron chi connectivity index (χ0n) is 14.2. The molecule has 0 radical (unpaired) electrons. The van der Waals surface area contributed by atoms with Gasteiger partial charge in [-0.15, -0.1) is 0 Å². The van der Waals surface area contributed by atoms with Crippen LogP contribution in [0.5, 0.6) is 5.75 Å². The third-order valence-electron chi connectivity index (χ3n) is 3.71. The van der Waals surface area contributed by atoms with Gasteiger partial charge in [-0.3, -0.25) is 10.1 Å². The SMILES string of the molecule is Cc1cccc(C)c1OC[C@@H](O)CNc1c([N+](=O)[O-])c(C)nn1C. The van der Waals surface area contributed by atoms with Crippen molar-refractivity contribution < 1.29 is 14.8 Å². The maximum absolute atomic E-state index is 11.1. The number of nitrogens with one attached hydrogen (secondary N) is 1. The third-order valence-corrected chi connectivity index (χ3v) is 3.71. The summed E-state index contributed by atoms with van der Waals surface area (Å²) < 4.78 is 7.08. The minimum absolute atomic E-state index is 0.0830. The summed E-state index contributed by atoms with van der Waals surface area (Å²) >= 11 is 0. The highest BCUT2D eigenvalue weighted by atomic mass is 16.6. The smallest absolute Gasteiger partial charge is 0.333 e. The number of aromatic nitrogens is 2. The summed E-state index contributed by atoms with van der Waals surface area (Å²) in [5.74, 6) is 1.02. The second-order valence-electron chi connectivity index (χ2n) is 5.73. The van der Waals surface area contributed by atoms with E-state index in [4.69, 9.17) is 4.74 Å². The van der Waals surface area contributed by atoms with Crippen molar-refractivity contribution in [2.75, 3.05) is 18.5 Å². The zero-order valence-corrected chi connectivity index (χ0v) is 14.2. The number of anilines is 1. The summed E-state index contributed by atoms with van der Waals surface area (Å²) in [6.07, 6.45) is -0.821. The van der Waals surface area contributed by atoms with E-state index in [1.807, 2.05) is 32.0 Å². The van der Waals surface area contributed by atoms with E-state index in [-0.39, 0.29) is 24.7 Å². The van der Waals surface area contributed by atoms with Gasteiger partial charge in [0.2, 0.25) is 5.82 Å². The molecule has 0 spiro atoms. The molecule has 0 aliphatic rings. The van der Waals surface area contributed by atoms with Gasteiger partial charge in [-0.25, -0.2) is 4.68 Å². The van der Waals surface area contributed by atoms with E-state index in [9.17, 15) is 15.2 Å². The van der Waals surface area contributed by atoms with Crippen LogP contribution in [0.3, 0.4) is 0 Å². The first-order chi connectivity index (χ1) is 11.3. The average molecular weight is 334 g/mol. The topological polar surface area (TPSA) is 102 Å². The summed E-state index contributed by atoms with van der Waals surface area (Å²) in [6, 6.07) is 5.82. The molecule has 2 N–H and O–H groups in total. The second kappa shape index (κ2) is 7.31. The number of ether oxygens (including phenoxy) is 1. The Hall–Kier alpha value is -2.61. The Balaban J connectivity index is 1.97. The molecular weight excluding hydrogens is 312 g/mol. The van der Waals surface area contributed by atoms with Gasteiger partial charge < -0.3 is 15.2 Å². The minimum Gasteiger partial charge on any atom is -0.490 e. The fourth-order valence-corrected chi connectivity index (χ4v) is 2.54. The number of hydrogen-bond donors (Lipinski definition) is 2. The third kappa shape index (κ3) is 3.83. The molecular formula is C16H22N4O4. The molecule has 130 valence electrons. The number of aliphatic hydroxyl groups is 1. The number of aryl methyl sites for hydroxylation is 4. The van der Waals surface area contributed by atoms with Gasteiger partial charge in [0.1, 0.15) is 24.2 Å². The van der Waals surface area contributed by atoms with Crippen molar-refractivity contribution in [3.63, 3.8) is 0 Å². The number of aliphatic hydroxyl groups excluding tert-OH is 1. The molecule has 0 aliphatic carbocycles. The molecule has 0 bridgehead atoms. The van der Waals surface area contributed by atoms with Crippen LogP contribution in [-0.2, 0) is 7.05 Å². The monoisotopic (exact) mass is 334 g/mol. The van der Waals surface area contributed by atoms with Crippen LogP contribution in [0.25, 0.3) is 0 Å². The van der Waals surface area contributed by atoms with Crippen LogP contribution < -0.4 is 10.1 Å². The predicted molar refractivity (Wildman–Crippen MR) is 90.5 cm³/mol. The van der Waals surface area contributed by atoms with Crippen molar-refractivity contribution in [3.8, 4) is 5.75 Å².